The summed E-state index contributed by atoms with van der Waals surface area (Å²) < 4.78 is 27.5. The Labute approximate surface area is 117 Å². The van der Waals surface area contributed by atoms with Crippen LogP contribution in [0.15, 0.2) is 42.5 Å². The van der Waals surface area contributed by atoms with Crippen LogP contribution < -0.4 is 0 Å². The molecule has 0 nitrogen and oxygen atoms in total. The highest BCUT2D eigenvalue weighted by Crippen LogP contribution is 2.44. The zero-order chi connectivity index (χ0) is 14.1. The Kier molecular flexibility index (Phi) is 3.39. The smallest absolute Gasteiger partial charge is 0.166 e. The van der Waals surface area contributed by atoms with E-state index in [1.54, 1.807) is 12.1 Å². The highest BCUT2D eigenvalue weighted by molar-refractivity contribution is 5.98. The van der Waals surface area contributed by atoms with Crippen molar-refractivity contribution in [2.45, 2.75) is 19.8 Å². The summed E-state index contributed by atoms with van der Waals surface area (Å²) in [5.41, 5.74) is 3.37. The number of benzene rings is 2. The lowest BCUT2D eigenvalue weighted by molar-refractivity contribution is 0.506. The van der Waals surface area contributed by atoms with Crippen molar-refractivity contribution < 1.29 is 8.78 Å². The summed E-state index contributed by atoms with van der Waals surface area (Å²) in [7, 11) is 0. The summed E-state index contributed by atoms with van der Waals surface area (Å²) in [6.07, 6.45) is 3.79. The summed E-state index contributed by atoms with van der Waals surface area (Å²) in [5, 5.41) is 0. The maximum absolute atomic E-state index is 14.1. The van der Waals surface area contributed by atoms with Crippen LogP contribution in [0.5, 0.6) is 0 Å². The van der Waals surface area contributed by atoms with Crippen LogP contribution in [0.25, 0.3) is 11.6 Å². The minimum Gasteiger partial charge on any atom is -0.204 e. The van der Waals surface area contributed by atoms with E-state index < -0.39 is 11.6 Å². The lowest BCUT2D eigenvalue weighted by Crippen LogP contribution is -2.02. The zero-order valence-electron chi connectivity index (χ0n) is 11.3. The van der Waals surface area contributed by atoms with Crippen LogP contribution >= 0.6 is 0 Å². The molecule has 2 aromatic carbocycles. The quantitative estimate of drug-likeness (QED) is 0.714. The largest absolute Gasteiger partial charge is 0.204 e. The molecule has 0 atom stereocenters. The van der Waals surface area contributed by atoms with Crippen molar-refractivity contribution in [1.29, 1.82) is 0 Å². The molecule has 1 aliphatic rings. The van der Waals surface area contributed by atoms with Crippen molar-refractivity contribution in [3.05, 3.63) is 76.7 Å². The Hall–Kier alpha value is -1.96. The van der Waals surface area contributed by atoms with Crippen molar-refractivity contribution in [3.63, 3.8) is 0 Å². The molecule has 0 spiro atoms. The standard InChI is InChI=1S/C18H15F2/c1-2-6-14-13-8-4-3-7-12(13)11-16(14)15-9-5-10-17(19)18(15)20/h3-5,7-11H,2,6H2,1H3. The monoisotopic (exact) mass is 269 g/mol. The number of hydrogen-bond acceptors (Lipinski definition) is 0. The van der Waals surface area contributed by atoms with Gasteiger partial charge in [0.25, 0.3) is 0 Å². The number of allylic oxidation sites excluding steroid dienone is 1. The lowest BCUT2D eigenvalue weighted by atomic mass is 9.87. The molecule has 20 heavy (non-hydrogen) atoms. The van der Waals surface area contributed by atoms with Crippen LogP contribution in [0.4, 0.5) is 8.78 Å². The second-order valence-electron chi connectivity index (χ2n) is 4.98. The Morgan fingerprint density at radius 1 is 0.900 bits per heavy atom. The van der Waals surface area contributed by atoms with Crippen molar-refractivity contribution in [2.75, 3.05) is 0 Å². The van der Waals surface area contributed by atoms with Gasteiger partial charge in [0.15, 0.2) is 11.6 Å². The highest BCUT2D eigenvalue weighted by atomic mass is 19.2. The second kappa shape index (κ2) is 5.20. The Morgan fingerprint density at radius 3 is 2.45 bits per heavy atom. The van der Waals surface area contributed by atoms with Crippen LogP contribution in [-0.2, 0) is 0 Å². The van der Waals surface area contributed by atoms with E-state index in [1.807, 2.05) is 30.3 Å². The molecule has 0 fully saturated rings. The normalized spacial score (nSPS) is 14.2. The molecule has 2 aromatic rings. The Morgan fingerprint density at radius 2 is 1.65 bits per heavy atom. The molecule has 0 saturated carbocycles. The first-order chi connectivity index (χ1) is 9.72. The third-order valence-electron chi connectivity index (χ3n) is 3.65. The third kappa shape index (κ3) is 2.05. The fraction of sp³-hybridized carbons (Fsp3) is 0.167. The zero-order valence-corrected chi connectivity index (χ0v) is 11.3. The Bertz CT molecular complexity index is 671. The van der Waals surface area contributed by atoms with E-state index in [2.05, 4.69) is 6.92 Å². The van der Waals surface area contributed by atoms with E-state index in [0.717, 1.165) is 41.5 Å². The van der Waals surface area contributed by atoms with E-state index in [1.165, 1.54) is 0 Å². The maximum Gasteiger partial charge on any atom is 0.166 e. The summed E-state index contributed by atoms with van der Waals surface area (Å²) in [5.74, 6) is -0.456. The van der Waals surface area contributed by atoms with Gasteiger partial charge in [-0.15, -0.1) is 0 Å². The molecule has 2 heteroatoms. The minimum atomic E-state index is -0.796. The van der Waals surface area contributed by atoms with Crippen molar-refractivity contribution in [2.24, 2.45) is 0 Å². The lowest BCUT2D eigenvalue weighted by Gasteiger charge is -2.16. The molecule has 3 rings (SSSR count). The fourth-order valence-corrected chi connectivity index (χ4v) is 2.76. The molecule has 0 heterocycles. The summed E-state index contributed by atoms with van der Waals surface area (Å²) in [4.78, 5) is 0. The van der Waals surface area contributed by atoms with Crippen molar-refractivity contribution in [3.8, 4) is 0 Å². The summed E-state index contributed by atoms with van der Waals surface area (Å²) in [6, 6.07) is 12.3. The van der Waals surface area contributed by atoms with Crippen LogP contribution in [0.1, 0.15) is 36.5 Å². The summed E-state index contributed by atoms with van der Waals surface area (Å²) in [6.45, 7) is 2.09. The highest BCUT2D eigenvalue weighted by Gasteiger charge is 2.28. The van der Waals surface area contributed by atoms with Gasteiger partial charge in [-0.25, -0.2) is 8.78 Å². The predicted octanol–water partition coefficient (Wildman–Crippen LogP) is 5.24. The Balaban J connectivity index is 2.12. The van der Waals surface area contributed by atoms with Crippen LogP contribution in [-0.4, -0.2) is 0 Å². The van der Waals surface area contributed by atoms with Gasteiger partial charge >= 0.3 is 0 Å². The average Bonchev–Trinajstić information content (AvgIpc) is 2.81. The van der Waals surface area contributed by atoms with Crippen molar-refractivity contribution in [1.82, 2.24) is 0 Å². The average molecular weight is 269 g/mol. The molecule has 0 bridgehead atoms. The first-order valence-electron chi connectivity index (χ1n) is 6.84. The molecule has 0 saturated heterocycles. The molecule has 1 aliphatic carbocycles. The van der Waals surface area contributed by atoms with E-state index in [-0.39, 0.29) is 0 Å². The molecular formula is C18H15F2. The SMILES string of the molecule is CCC[C]1C(c2cccc(F)c2F)=Cc2ccccc21. The van der Waals surface area contributed by atoms with E-state index in [9.17, 15) is 8.78 Å². The minimum absolute atomic E-state index is 0.352. The summed E-state index contributed by atoms with van der Waals surface area (Å²) >= 11 is 0. The first-order valence-corrected chi connectivity index (χ1v) is 6.84. The molecule has 0 unspecified atom stereocenters. The van der Waals surface area contributed by atoms with Gasteiger partial charge in [0.05, 0.1) is 0 Å². The van der Waals surface area contributed by atoms with Gasteiger partial charge in [0.1, 0.15) is 0 Å². The van der Waals surface area contributed by atoms with Gasteiger partial charge < -0.3 is 0 Å². The van der Waals surface area contributed by atoms with Crippen LogP contribution in [0.3, 0.4) is 0 Å². The second-order valence-corrected chi connectivity index (χ2v) is 4.98. The van der Waals surface area contributed by atoms with Crippen molar-refractivity contribution >= 4 is 11.6 Å². The number of fused-ring (bicyclic) bond motifs is 1. The van der Waals surface area contributed by atoms with Gasteiger partial charge in [0, 0.05) is 11.5 Å². The van der Waals surface area contributed by atoms with Gasteiger partial charge in [-0.3, -0.25) is 0 Å². The number of hydrogen-bond donors (Lipinski definition) is 0. The predicted molar refractivity (Wildman–Crippen MR) is 77.9 cm³/mol. The van der Waals surface area contributed by atoms with E-state index in [0.29, 0.717) is 5.56 Å². The topological polar surface area (TPSA) is 0 Å². The van der Waals surface area contributed by atoms with Crippen LogP contribution in [0, 0.1) is 17.6 Å². The number of halogens is 2. The molecular weight excluding hydrogens is 254 g/mol. The fourth-order valence-electron chi connectivity index (χ4n) is 2.76. The van der Waals surface area contributed by atoms with Crippen LogP contribution in [0.2, 0.25) is 0 Å². The first kappa shape index (κ1) is 13.0. The molecule has 101 valence electrons. The molecule has 1 radical (unpaired) electrons. The van der Waals surface area contributed by atoms with Gasteiger partial charge in [-0.05, 0) is 35.3 Å². The van der Waals surface area contributed by atoms with Gasteiger partial charge in [0.2, 0.25) is 0 Å². The van der Waals surface area contributed by atoms with E-state index >= 15 is 0 Å². The number of rotatable bonds is 3. The van der Waals surface area contributed by atoms with E-state index in [4.69, 9.17) is 0 Å². The maximum atomic E-state index is 14.1. The third-order valence-corrected chi connectivity index (χ3v) is 3.65. The molecule has 0 amide bonds. The molecule has 0 aromatic heterocycles. The molecule has 0 N–H and O–H groups in total. The van der Waals surface area contributed by atoms with Gasteiger partial charge in [-0.2, -0.15) is 0 Å². The molecule has 0 aliphatic heterocycles. The van der Waals surface area contributed by atoms with Gasteiger partial charge in [-0.1, -0.05) is 49.7 Å².